The van der Waals surface area contributed by atoms with Crippen molar-refractivity contribution in [2.75, 3.05) is 14.7 Å². The van der Waals surface area contributed by atoms with Crippen LogP contribution in [-0.4, -0.2) is 0 Å². The number of hydrogen-bond donors (Lipinski definition) is 0. The van der Waals surface area contributed by atoms with Crippen molar-refractivity contribution in [2.24, 2.45) is 0 Å². The first kappa shape index (κ1) is 51.4. The molecule has 0 aliphatic carbocycles. The summed E-state index contributed by atoms with van der Waals surface area (Å²) in [6.07, 6.45) is 0.800. The van der Waals surface area contributed by atoms with Crippen molar-refractivity contribution in [2.45, 2.75) is 13.3 Å². The molecule has 0 aliphatic heterocycles. The molecule has 87 heavy (non-hydrogen) atoms. The molecule has 16 aromatic carbocycles. The van der Waals surface area contributed by atoms with Gasteiger partial charge in [-0.05, 0) is 158 Å². The van der Waals surface area contributed by atoms with Crippen LogP contribution in [0.5, 0.6) is 0 Å². The topological polar surface area (TPSA) is 9.72 Å². The van der Waals surface area contributed by atoms with Crippen LogP contribution >= 0.6 is 0 Å². The Kier molecular flexibility index (Phi) is 12.8. The van der Waals surface area contributed by atoms with E-state index in [1.165, 1.54) is 98.1 Å². The van der Waals surface area contributed by atoms with Gasteiger partial charge < -0.3 is 14.7 Å². The smallest absolute Gasteiger partial charge is 0.0619 e. The summed E-state index contributed by atoms with van der Waals surface area (Å²) in [4.78, 5) is 7.39. The van der Waals surface area contributed by atoms with Gasteiger partial charge in [0.2, 0.25) is 0 Å². The predicted molar refractivity (Wildman–Crippen MR) is 372 cm³/mol. The molecule has 16 rings (SSSR count). The zero-order valence-electron chi connectivity index (χ0n) is 48.2. The van der Waals surface area contributed by atoms with E-state index in [0.29, 0.717) is 0 Å². The SMILES string of the molecule is Cc1ccc(N(c2ccc(Cc3ccc4cc(N(c5ccccc5)c5c6ccccc6c(N(c6ccccc6)c6ccc7ccccc7c6)c6ccccc56)ccc4c3)cc2)c2c3ccccc3c(-c3ccc4ccccc4c3)c3ccccc23)cc1. The number of benzene rings is 16. The van der Waals surface area contributed by atoms with Crippen molar-refractivity contribution in [3.8, 4) is 11.1 Å². The highest BCUT2D eigenvalue weighted by Crippen LogP contribution is 2.53. The molecule has 0 spiro atoms. The molecule has 0 saturated carbocycles. The van der Waals surface area contributed by atoms with Gasteiger partial charge in [0, 0.05) is 66.4 Å². The van der Waals surface area contributed by atoms with Crippen LogP contribution in [0.15, 0.2) is 328 Å². The highest BCUT2D eigenvalue weighted by atomic mass is 15.2. The van der Waals surface area contributed by atoms with E-state index in [0.717, 1.165) is 62.7 Å². The van der Waals surface area contributed by atoms with Gasteiger partial charge in [0.25, 0.3) is 0 Å². The summed E-state index contributed by atoms with van der Waals surface area (Å²) in [5.41, 5.74) is 16.3. The second-order valence-corrected chi connectivity index (χ2v) is 22.9. The van der Waals surface area contributed by atoms with E-state index < -0.39 is 0 Å². The molecular weight excluding hydrogens is 1050 g/mol. The standard InChI is InChI=1S/C84H59N3/c1-57-36-46-69(47-37-57)85(82-75-30-14-12-28-73(75)81(74-29-13-15-31-76(74)82)66-43-42-60-20-8-10-22-62(60)54-66)70-48-39-58(40-49-70)52-59-38-41-65-56-72(51-45-64(65)53-59)87(68-26-6-3-7-27-68)84-79-34-18-16-32-77(79)83(78-33-17-19-35-80(78)84)86(67-24-4-2-5-25-67)71-50-44-61-21-9-11-23-63(61)55-71/h2-51,53-56H,52H2,1H3. The molecule has 0 radical (unpaired) electrons. The zero-order chi connectivity index (χ0) is 57.8. The number of hydrogen-bond acceptors (Lipinski definition) is 3. The maximum atomic E-state index is 2.47. The second kappa shape index (κ2) is 21.7. The van der Waals surface area contributed by atoms with Crippen LogP contribution in [0, 0.1) is 6.92 Å². The molecule has 0 aromatic heterocycles. The molecule has 0 heterocycles. The van der Waals surface area contributed by atoms with Gasteiger partial charge in [0.05, 0.1) is 17.1 Å². The Hall–Kier alpha value is -11.3. The Morgan fingerprint density at radius 3 is 1.02 bits per heavy atom. The van der Waals surface area contributed by atoms with E-state index >= 15 is 0 Å². The number of para-hydroxylation sites is 2. The minimum Gasteiger partial charge on any atom is -0.309 e. The van der Waals surface area contributed by atoms with Crippen molar-refractivity contribution < 1.29 is 0 Å². The van der Waals surface area contributed by atoms with E-state index in [2.05, 4.69) is 349 Å². The summed E-state index contributed by atoms with van der Waals surface area (Å²) in [6.45, 7) is 2.16. The number of rotatable bonds is 12. The molecule has 3 heteroatoms. The monoisotopic (exact) mass is 1110 g/mol. The third-order valence-electron chi connectivity index (χ3n) is 17.5. The van der Waals surface area contributed by atoms with Crippen molar-refractivity contribution >= 4 is 127 Å². The lowest BCUT2D eigenvalue weighted by Gasteiger charge is -2.33. The normalized spacial score (nSPS) is 11.6. The van der Waals surface area contributed by atoms with E-state index in [1.807, 2.05) is 0 Å². The van der Waals surface area contributed by atoms with Crippen molar-refractivity contribution in [3.63, 3.8) is 0 Å². The average Bonchev–Trinajstić information content (AvgIpc) is 0.937. The van der Waals surface area contributed by atoms with Gasteiger partial charge in [-0.15, -0.1) is 0 Å². The molecule has 0 unspecified atom stereocenters. The fourth-order valence-electron chi connectivity index (χ4n) is 13.5. The van der Waals surface area contributed by atoms with Gasteiger partial charge >= 0.3 is 0 Å². The summed E-state index contributed by atoms with van der Waals surface area (Å²) in [6, 6.07) is 121. The lowest BCUT2D eigenvalue weighted by Crippen LogP contribution is -2.14. The maximum absolute atomic E-state index is 2.47. The van der Waals surface area contributed by atoms with Crippen LogP contribution in [-0.2, 0) is 6.42 Å². The summed E-state index contributed by atoms with van der Waals surface area (Å²) >= 11 is 0. The van der Waals surface area contributed by atoms with Crippen LogP contribution in [0.3, 0.4) is 0 Å². The Morgan fingerprint density at radius 1 is 0.218 bits per heavy atom. The van der Waals surface area contributed by atoms with Gasteiger partial charge in [-0.2, -0.15) is 0 Å². The fraction of sp³-hybridized carbons (Fsp3) is 0.0238. The predicted octanol–water partition coefficient (Wildman–Crippen LogP) is 23.7. The maximum Gasteiger partial charge on any atom is 0.0619 e. The minimum atomic E-state index is 0.800. The van der Waals surface area contributed by atoms with Crippen LogP contribution < -0.4 is 14.7 Å². The van der Waals surface area contributed by atoms with Gasteiger partial charge in [-0.3, -0.25) is 0 Å². The van der Waals surface area contributed by atoms with Crippen LogP contribution in [0.4, 0.5) is 51.2 Å². The third kappa shape index (κ3) is 9.25. The largest absolute Gasteiger partial charge is 0.309 e. The van der Waals surface area contributed by atoms with Crippen LogP contribution in [0.25, 0.3) is 86.5 Å². The van der Waals surface area contributed by atoms with Gasteiger partial charge in [-0.25, -0.2) is 0 Å². The highest BCUT2D eigenvalue weighted by Gasteiger charge is 2.27. The van der Waals surface area contributed by atoms with Gasteiger partial charge in [0.15, 0.2) is 0 Å². The number of nitrogens with zero attached hydrogens (tertiary/aromatic N) is 3. The first-order chi connectivity index (χ1) is 43.1. The average molecular weight is 1110 g/mol. The van der Waals surface area contributed by atoms with Crippen molar-refractivity contribution in [1.29, 1.82) is 0 Å². The zero-order valence-corrected chi connectivity index (χ0v) is 48.2. The van der Waals surface area contributed by atoms with Gasteiger partial charge in [-0.1, -0.05) is 254 Å². The molecule has 0 aliphatic rings. The molecule has 0 N–H and O–H groups in total. The highest BCUT2D eigenvalue weighted by molar-refractivity contribution is 6.25. The number of fused-ring (bicyclic) bond motifs is 7. The second-order valence-electron chi connectivity index (χ2n) is 22.9. The first-order valence-corrected chi connectivity index (χ1v) is 30.1. The van der Waals surface area contributed by atoms with E-state index in [4.69, 9.17) is 0 Å². The number of aryl methyl sites for hydroxylation is 1. The molecule has 0 amide bonds. The Labute approximate surface area is 507 Å². The van der Waals surface area contributed by atoms with E-state index in [1.54, 1.807) is 0 Å². The minimum absolute atomic E-state index is 0.800. The molecular formula is C84H59N3. The molecule has 0 saturated heterocycles. The van der Waals surface area contributed by atoms with Crippen LogP contribution in [0.1, 0.15) is 16.7 Å². The lowest BCUT2D eigenvalue weighted by atomic mass is 9.89. The summed E-state index contributed by atoms with van der Waals surface area (Å²) in [5.74, 6) is 0. The Balaban J connectivity index is 0.770. The van der Waals surface area contributed by atoms with E-state index in [-0.39, 0.29) is 0 Å². The molecule has 0 atom stereocenters. The van der Waals surface area contributed by atoms with Crippen molar-refractivity contribution in [3.05, 3.63) is 344 Å². The summed E-state index contributed by atoms with van der Waals surface area (Å²) < 4.78 is 0. The summed E-state index contributed by atoms with van der Waals surface area (Å²) in [5, 5.41) is 16.8. The molecule has 0 fully saturated rings. The quantitative estimate of drug-likeness (QED) is 0.0892. The Bertz CT molecular complexity index is 5150. The van der Waals surface area contributed by atoms with Crippen LogP contribution in [0.2, 0.25) is 0 Å². The Morgan fingerprint density at radius 2 is 0.529 bits per heavy atom. The molecule has 16 aromatic rings. The molecule has 410 valence electrons. The third-order valence-corrected chi connectivity index (χ3v) is 17.5. The number of anilines is 9. The lowest BCUT2D eigenvalue weighted by molar-refractivity contribution is 1.19. The van der Waals surface area contributed by atoms with Crippen molar-refractivity contribution in [1.82, 2.24) is 0 Å². The molecule has 3 nitrogen and oxygen atoms in total. The summed E-state index contributed by atoms with van der Waals surface area (Å²) in [7, 11) is 0. The van der Waals surface area contributed by atoms with E-state index in [9.17, 15) is 0 Å². The fourth-order valence-corrected chi connectivity index (χ4v) is 13.5. The molecule has 0 bridgehead atoms. The van der Waals surface area contributed by atoms with Gasteiger partial charge in [0.1, 0.15) is 0 Å². The first-order valence-electron chi connectivity index (χ1n) is 30.1.